The van der Waals surface area contributed by atoms with Crippen molar-refractivity contribution in [2.45, 2.75) is 6.04 Å². The highest BCUT2D eigenvalue weighted by atomic mass is 16.5. The molecule has 1 unspecified atom stereocenters. The monoisotopic (exact) mass is 242 g/mol. The zero-order valence-electron chi connectivity index (χ0n) is 9.76. The molecule has 0 saturated carbocycles. The molecule has 1 aromatic heterocycles. The van der Waals surface area contributed by atoms with Crippen LogP contribution in [0.5, 0.6) is 5.75 Å². The van der Waals surface area contributed by atoms with Crippen LogP contribution in [0.4, 0.5) is 11.6 Å². The predicted molar refractivity (Wildman–Crippen MR) is 70.3 cm³/mol. The van der Waals surface area contributed by atoms with Gasteiger partial charge in [0.05, 0.1) is 6.04 Å². The van der Waals surface area contributed by atoms with Crippen molar-refractivity contribution in [2.75, 3.05) is 17.3 Å². The Morgan fingerprint density at radius 3 is 2.83 bits per heavy atom. The summed E-state index contributed by atoms with van der Waals surface area (Å²) in [5.74, 6) is 7.68. The van der Waals surface area contributed by atoms with Crippen molar-refractivity contribution in [3.8, 4) is 5.75 Å². The van der Waals surface area contributed by atoms with Crippen molar-refractivity contribution in [1.82, 2.24) is 4.98 Å². The van der Waals surface area contributed by atoms with Gasteiger partial charge in [-0.1, -0.05) is 24.3 Å². The van der Waals surface area contributed by atoms with Crippen LogP contribution in [0.3, 0.4) is 0 Å². The van der Waals surface area contributed by atoms with Crippen LogP contribution in [0.25, 0.3) is 0 Å². The fraction of sp³-hybridized carbons (Fsp3) is 0.154. The minimum Gasteiger partial charge on any atom is -0.491 e. The highest BCUT2D eigenvalue weighted by molar-refractivity contribution is 5.49. The summed E-state index contributed by atoms with van der Waals surface area (Å²) in [6.45, 7) is 0.612. The number of aromatic nitrogens is 1. The maximum atomic E-state index is 5.61. The molecule has 1 aromatic carbocycles. The number of nitrogens with two attached hydrogens (primary N) is 1. The van der Waals surface area contributed by atoms with E-state index < -0.39 is 0 Å². The molecule has 0 aliphatic carbocycles. The number of fused-ring (bicyclic) bond motifs is 1. The van der Waals surface area contributed by atoms with Crippen LogP contribution in [0.1, 0.15) is 11.6 Å². The van der Waals surface area contributed by atoms with Crippen LogP contribution in [0, 0.1) is 0 Å². The highest BCUT2D eigenvalue weighted by Crippen LogP contribution is 2.33. The maximum Gasteiger partial charge on any atom is 0.142 e. The topological polar surface area (TPSA) is 72.2 Å². The van der Waals surface area contributed by atoms with Gasteiger partial charge in [0.15, 0.2) is 0 Å². The summed E-state index contributed by atoms with van der Waals surface area (Å²) in [6.07, 6.45) is 0. The number of nitrogen functional groups attached to an aromatic ring is 1. The van der Waals surface area contributed by atoms with E-state index in [1.165, 1.54) is 0 Å². The van der Waals surface area contributed by atoms with Crippen molar-refractivity contribution in [3.05, 3.63) is 48.0 Å². The van der Waals surface area contributed by atoms with E-state index in [0.717, 1.165) is 17.1 Å². The van der Waals surface area contributed by atoms with Gasteiger partial charge in [-0.25, -0.2) is 10.8 Å². The molecule has 3 rings (SSSR count). The van der Waals surface area contributed by atoms with Crippen LogP contribution in [0.15, 0.2) is 42.5 Å². The molecular formula is C13H14N4O. The number of hydrazine groups is 1. The third kappa shape index (κ3) is 1.96. The third-order valence-electron chi connectivity index (χ3n) is 2.92. The Bertz CT molecular complexity index is 558. The normalized spacial score (nSPS) is 16.8. The molecule has 0 radical (unpaired) electrons. The standard InChI is InChI=1S/C13H14N4O/c14-17-13-7-3-6-12(16-13)15-10-8-18-11-5-2-1-4-9(10)11/h1-7,10H,8,14H2,(H2,15,16,17). The summed E-state index contributed by atoms with van der Waals surface area (Å²) in [5.41, 5.74) is 3.69. The van der Waals surface area contributed by atoms with Gasteiger partial charge in [-0.05, 0) is 18.2 Å². The summed E-state index contributed by atoms with van der Waals surface area (Å²) in [6, 6.07) is 13.7. The van der Waals surface area contributed by atoms with Crippen molar-refractivity contribution in [3.63, 3.8) is 0 Å². The number of ether oxygens (including phenoxy) is 1. The van der Waals surface area contributed by atoms with Gasteiger partial charge in [0.1, 0.15) is 24.0 Å². The molecule has 5 nitrogen and oxygen atoms in total. The Kier molecular flexibility index (Phi) is 2.74. The average molecular weight is 242 g/mol. The Hall–Kier alpha value is -2.27. The van der Waals surface area contributed by atoms with Crippen LogP contribution in [0.2, 0.25) is 0 Å². The van der Waals surface area contributed by atoms with E-state index in [2.05, 4.69) is 21.8 Å². The molecule has 1 aliphatic rings. The zero-order chi connectivity index (χ0) is 12.4. The molecule has 0 fully saturated rings. The molecule has 4 N–H and O–H groups in total. The first-order chi connectivity index (χ1) is 8.86. The van der Waals surface area contributed by atoms with Crippen molar-refractivity contribution >= 4 is 11.6 Å². The minimum atomic E-state index is 0.127. The summed E-state index contributed by atoms with van der Waals surface area (Å²) < 4.78 is 5.61. The third-order valence-corrected chi connectivity index (χ3v) is 2.92. The quantitative estimate of drug-likeness (QED) is 0.566. The van der Waals surface area contributed by atoms with Crippen LogP contribution in [-0.4, -0.2) is 11.6 Å². The maximum absolute atomic E-state index is 5.61. The lowest BCUT2D eigenvalue weighted by Crippen LogP contribution is -2.14. The molecule has 92 valence electrons. The Balaban J connectivity index is 1.82. The number of nitrogens with one attached hydrogen (secondary N) is 2. The number of benzene rings is 1. The number of hydrogen-bond acceptors (Lipinski definition) is 5. The van der Waals surface area contributed by atoms with Crippen molar-refractivity contribution < 1.29 is 4.74 Å². The van der Waals surface area contributed by atoms with Gasteiger partial charge in [0.2, 0.25) is 0 Å². The van der Waals surface area contributed by atoms with E-state index in [-0.39, 0.29) is 6.04 Å². The van der Waals surface area contributed by atoms with Gasteiger partial charge in [0.25, 0.3) is 0 Å². The Morgan fingerprint density at radius 2 is 1.94 bits per heavy atom. The zero-order valence-corrected chi connectivity index (χ0v) is 9.76. The second kappa shape index (κ2) is 4.54. The first-order valence-electron chi connectivity index (χ1n) is 5.79. The largest absolute Gasteiger partial charge is 0.491 e. The second-order valence-electron chi connectivity index (χ2n) is 4.10. The number of para-hydroxylation sites is 1. The number of anilines is 2. The first kappa shape index (κ1) is 10.9. The SMILES string of the molecule is NNc1cccc(NC2COc3ccccc32)n1. The van der Waals surface area contributed by atoms with E-state index >= 15 is 0 Å². The van der Waals surface area contributed by atoms with Gasteiger partial charge in [-0.15, -0.1) is 0 Å². The van der Waals surface area contributed by atoms with Crippen LogP contribution in [-0.2, 0) is 0 Å². The minimum absolute atomic E-state index is 0.127. The smallest absolute Gasteiger partial charge is 0.142 e. The number of rotatable bonds is 3. The van der Waals surface area contributed by atoms with Crippen molar-refractivity contribution in [2.24, 2.45) is 5.84 Å². The second-order valence-corrected chi connectivity index (χ2v) is 4.10. The molecular weight excluding hydrogens is 228 g/mol. The average Bonchev–Trinajstić information content (AvgIpc) is 2.83. The lowest BCUT2D eigenvalue weighted by molar-refractivity contribution is 0.339. The predicted octanol–water partition coefficient (Wildman–Crippen LogP) is 1.91. The van der Waals surface area contributed by atoms with E-state index in [9.17, 15) is 0 Å². The summed E-state index contributed by atoms with van der Waals surface area (Å²) >= 11 is 0. The number of hydrogen-bond donors (Lipinski definition) is 3. The fourth-order valence-corrected chi connectivity index (χ4v) is 2.06. The molecule has 0 spiro atoms. The van der Waals surface area contributed by atoms with E-state index in [4.69, 9.17) is 10.6 Å². The fourth-order valence-electron chi connectivity index (χ4n) is 2.06. The molecule has 0 amide bonds. The van der Waals surface area contributed by atoms with Gasteiger partial charge in [-0.2, -0.15) is 0 Å². The van der Waals surface area contributed by atoms with Crippen LogP contribution >= 0.6 is 0 Å². The highest BCUT2D eigenvalue weighted by Gasteiger charge is 2.23. The summed E-state index contributed by atoms with van der Waals surface area (Å²) in [5, 5.41) is 3.34. The summed E-state index contributed by atoms with van der Waals surface area (Å²) in [4.78, 5) is 4.32. The van der Waals surface area contributed by atoms with E-state index in [1.807, 2.05) is 36.4 Å². The lowest BCUT2D eigenvalue weighted by Gasteiger charge is -2.12. The molecule has 0 bridgehead atoms. The van der Waals surface area contributed by atoms with Gasteiger partial charge < -0.3 is 15.5 Å². The van der Waals surface area contributed by atoms with E-state index in [0.29, 0.717) is 12.4 Å². The van der Waals surface area contributed by atoms with E-state index in [1.54, 1.807) is 0 Å². The summed E-state index contributed by atoms with van der Waals surface area (Å²) in [7, 11) is 0. The Labute approximate surface area is 105 Å². The molecule has 5 heteroatoms. The number of pyridine rings is 1. The van der Waals surface area contributed by atoms with Crippen molar-refractivity contribution in [1.29, 1.82) is 0 Å². The first-order valence-corrected chi connectivity index (χ1v) is 5.79. The molecule has 0 saturated heterocycles. The molecule has 1 aliphatic heterocycles. The molecule has 2 aromatic rings. The van der Waals surface area contributed by atoms with Gasteiger partial charge in [-0.3, -0.25) is 0 Å². The molecule has 1 atom stereocenters. The van der Waals surface area contributed by atoms with Crippen LogP contribution < -0.4 is 21.3 Å². The Morgan fingerprint density at radius 1 is 1.11 bits per heavy atom. The molecule has 18 heavy (non-hydrogen) atoms. The molecule has 2 heterocycles. The van der Waals surface area contributed by atoms with Gasteiger partial charge in [0, 0.05) is 5.56 Å². The number of nitrogens with zero attached hydrogens (tertiary/aromatic N) is 1. The lowest BCUT2D eigenvalue weighted by atomic mass is 10.1. The van der Waals surface area contributed by atoms with Gasteiger partial charge >= 0.3 is 0 Å².